The van der Waals surface area contributed by atoms with Gasteiger partial charge in [-0.15, -0.1) is 5.10 Å². The lowest BCUT2D eigenvalue weighted by Gasteiger charge is -2.28. The second-order valence-corrected chi connectivity index (χ2v) is 6.11. The Morgan fingerprint density at radius 2 is 2.14 bits per heavy atom. The third-order valence-corrected chi connectivity index (χ3v) is 4.34. The van der Waals surface area contributed by atoms with Gasteiger partial charge in [0.05, 0.1) is 6.54 Å². The van der Waals surface area contributed by atoms with E-state index in [9.17, 15) is 9.59 Å². The quantitative estimate of drug-likeness (QED) is 0.853. The van der Waals surface area contributed by atoms with Crippen LogP contribution in [0, 0.1) is 5.92 Å². The van der Waals surface area contributed by atoms with Gasteiger partial charge in [-0.25, -0.2) is 4.68 Å². The predicted molar refractivity (Wildman–Crippen MR) is 81.4 cm³/mol. The molecule has 0 saturated carbocycles. The van der Waals surface area contributed by atoms with Crippen molar-refractivity contribution >= 4 is 23.7 Å². The average molecular weight is 306 g/mol. The Labute approximate surface area is 129 Å². The lowest BCUT2D eigenvalue weighted by Crippen LogP contribution is -2.30. The summed E-state index contributed by atoms with van der Waals surface area (Å²) in [6, 6.07) is 0. The van der Waals surface area contributed by atoms with Crippen LogP contribution in [0.25, 0.3) is 0 Å². The summed E-state index contributed by atoms with van der Waals surface area (Å²) in [4.78, 5) is 29.7. The fourth-order valence-corrected chi connectivity index (χ4v) is 2.91. The Balaban J connectivity index is 1.47. The van der Waals surface area contributed by atoms with Crippen molar-refractivity contribution in [2.75, 3.05) is 30.8 Å². The van der Waals surface area contributed by atoms with E-state index in [4.69, 9.17) is 0 Å². The van der Waals surface area contributed by atoms with E-state index in [1.165, 1.54) is 0 Å². The van der Waals surface area contributed by atoms with E-state index >= 15 is 0 Å². The maximum atomic E-state index is 12.0. The van der Waals surface area contributed by atoms with Crippen LogP contribution >= 0.6 is 0 Å². The molecule has 0 atom stereocenters. The highest BCUT2D eigenvalue weighted by atomic mass is 16.2. The summed E-state index contributed by atoms with van der Waals surface area (Å²) in [5.41, 5.74) is 0. The third kappa shape index (κ3) is 3.62. The number of piperidine rings is 1. The number of fused-ring (bicyclic) bond motifs is 1. The molecule has 22 heavy (non-hydrogen) atoms. The van der Waals surface area contributed by atoms with Gasteiger partial charge in [-0.2, -0.15) is 4.98 Å². The molecule has 120 valence electrons. The number of amides is 2. The Morgan fingerprint density at radius 1 is 1.36 bits per heavy atom. The topological polar surface area (TPSA) is 92.2 Å². The number of carbonyl (C=O) groups excluding carboxylic acids is 2. The van der Waals surface area contributed by atoms with E-state index in [-0.39, 0.29) is 17.8 Å². The highest BCUT2D eigenvalue weighted by Crippen LogP contribution is 2.21. The molecule has 0 spiro atoms. The standard InChI is InChI=1S/C14H22N6O2/c1-19-7-4-10(5-8-19)2-3-11(21)15-13-17-14-16-12(22)6-9-20(14)18-13/h10H,2-9H2,1H3,(H2,15,16,17,18,21,22). The maximum absolute atomic E-state index is 12.0. The summed E-state index contributed by atoms with van der Waals surface area (Å²) in [6.45, 7) is 2.72. The Bertz CT molecular complexity index is 562. The van der Waals surface area contributed by atoms with Gasteiger partial charge in [0.1, 0.15) is 0 Å². The van der Waals surface area contributed by atoms with Crippen molar-refractivity contribution < 1.29 is 9.59 Å². The molecule has 8 nitrogen and oxygen atoms in total. The minimum atomic E-state index is -0.0694. The van der Waals surface area contributed by atoms with E-state index in [1.54, 1.807) is 4.68 Å². The third-order valence-electron chi connectivity index (χ3n) is 4.34. The molecule has 2 aliphatic heterocycles. The lowest BCUT2D eigenvalue weighted by molar-refractivity contribution is -0.117. The van der Waals surface area contributed by atoms with Gasteiger partial charge >= 0.3 is 0 Å². The van der Waals surface area contributed by atoms with Crippen molar-refractivity contribution in [1.29, 1.82) is 0 Å². The maximum Gasteiger partial charge on any atom is 0.250 e. The number of anilines is 2. The summed E-state index contributed by atoms with van der Waals surface area (Å²) in [5.74, 6) is 1.17. The molecular weight excluding hydrogens is 284 g/mol. The predicted octanol–water partition coefficient (Wildman–Crippen LogP) is 0.681. The number of hydrogen-bond acceptors (Lipinski definition) is 5. The van der Waals surface area contributed by atoms with Gasteiger partial charge in [0.2, 0.25) is 17.8 Å². The van der Waals surface area contributed by atoms with Crippen LogP contribution < -0.4 is 10.6 Å². The van der Waals surface area contributed by atoms with Crippen molar-refractivity contribution in [3.05, 3.63) is 0 Å². The van der Waals surface area contributed by atoms with Crippen LogP contribution in [-0.2, 0) is 16.1 Å². The van der Waals surface area contributed by atoms with Crippen LogP contribution in [0.3, 0.4) is 0 Å². The largest absolute Gasteiger partial charge is 0.306 e. The number of likely N-dealkylation sites (tertiary alicyclic amines) is 1. The Morgan fingerprint density at radius 3 is 2.91 bits per heavy atom. The van der Waals surface area contributed by atoms with Gasteiger partial charge in [-0.3, -0.25) is 20.2 Å². The minimum absolute atomic E-state index is 0.0619. The van der Waals surface area contributed by atoms with E-state index in [1.807, 2.05) is 0 Å². The summed E-state index contributed by atoms with van der Waals surface area (Å²) in [5, 5.41) is 9.54. The first kappa shape index (κ1) is 15.0. The van der Waals surface area contributed by atoms with E-state index in [0.717, 1.165) is 32.4 Å². The Kier molecular flexibility index (Phi) is 4.37. The smallest absolute Gasteiger partial charge is 0.250 e. The zero-order valence-corrected chi connectivity index (χ0v) is 12.8. The summed E-state index contributed by atoms with van der Waals surface area (Å²) in [6.07, 6.45) is 4.11. The normalized spacial score (nSPS) is 19.6. The number of carbonyl (C=O) groups is 2. The van der Waals surface area contributed by atoms with E-state index in [2.05, 4.69) is 32.7 Å². The molecule has 0 aromatic carbocycles. The molecule has 0 unspecified atom stereocenters. The summed E-state index contributed by atoms with van der Waals surface area (Å²) >= 11 is 0. The summed E-state index contributed by atoms with van der Waals surface area (Å²) < 4.78 is 1.61. The zero-order chi connectivity index (χ0) is 15.5. The SMILES string of the molecule is CN1CCC(CCC(=O)Nc2nc3n(n2)CCC(=O)N3)CC1. The first-order valence-corrected chi connectivity index (χ1v) is 7.83. The zero-order valence-electron chi connectivity index (χ0n) is 12.8. The van der Waals surface area contributed by atoms with Gasteiger partial charge in [0.15, 0.2) is 0 Å². The van der Waals surface area contributed by atoms with Crippen LogP contribution in [0.4, 0.5) is 11.9 Å². The van der Waals surface area contributed by atoms with Crippen molar-refractivity contribution in [2.24, 2.45) is 5.92 Å². The molecule has 1 saturated heterocycles. The monoisotopic (exact) mass is 306 g/mol. The number of rotatable bonds is 4. The van der Waals surface area contributed by atoms with Crippen LogP contribution in [0.15, 0.2) is 0 Å². The minimum Gasteiger partial charge on any atom is -0.306 e. The molecular formula is C14H22N6O2. The van der Waals surface area contributed by atoms with Crippen LogP contribution in [0.1, 0.15) is 32.1 Å². The second-order valence-electron chi connectivity index (χ2n) is 6.11. The molecule has 0 radical (unpaired) electrons. The highest BCUT2D eigenvalue weighted by molar-refractivity contribution is 5.91. The first-order valence-electron chi connectivity index (χ1n) is 7.83. The molecule has 2 amide bonds. The van der Waals surface area contributed by atoms with E-state index < -0.39 is 0 Å². The van der Waals surface area contributed by atoms with E-state index in [0.29, 0.717) is 31.3 Å². The highest BCUT2D eigenvalue weighted by Gasteiger charge is 2.20. The molecule has 2 aliphatic rings. The fourth-order valence-electron chi connectivity index (χ4n) is 2.91. The van der Waals surface area contributed by atoms with Crippen molar-refractivity contribution in [1.82, 2.24) is 19.7 Å². The molecule has 3 rings (SSSR count). The average Bonchev–Trinajstić information content (AvgIpc) is 2.88. The second kappa shape index (κ2) is 6.43. The molecule has 2 N–H and O–H groups in total. The first-order chi connectivity index (χ1) is 10.6. The molecule has 1 aromatic rings. The number of aromatic nitrogens is 3. The van der Waals surface area contributed by atoms with Crippen LogP contribution in [0.5, 0.6) is 0 Å². The molecule has 0 aliphatic carbocycles. The van der Waals surface area contributed by atoms with Gasteiger partial charge in [0.25, 0.3) is 5.95 Å². The lowest BCUT2D eigenvalue weighted by atomic mass is 9.92. The van der Waals surface area contributed by atoms with Gasteiger partial charge in [-0.05, 0) is 45.3 Å². The fraction of sp³-hybridized carbons (Fsp3) is 0.714. The number of aryl methyl sites for hydroxylation is 1. The molecule has 8 heteroatoms. The molecule has 0 bridgehead atoms. The molecule has 3 heterocycles. The van der Waals surface area contributed by atoms with Crippen molar-refractivity contribution in [3.63, 3.8) is 0 Å². The van der Waals surface area contributed by atoms with Crippen molar-refractivity contribution in [2.45, 2.75) is 38.6 Å². The van der Waals surface area contributed by atoms with Gasteiger partial charge in [-0.1, -0.05) is 0 Å². The number of nitrogens with one attached hydrogen (secondary N) is 2. The molecule has 1 aromatic heterocycles. The van der Waals surface area contributed by atoms with Gasteiger partial charge < -0.3 is 4.90 Å². The van der Waals surface area contributed by atoms with Gasteiger partial charge in [0, 0.05) is 12.8 Å². The Hall–Kier alpha value is -1.96. The summed E-state index contributed by atoms with van der Waals surface area (Å²) in [7, 11) is 2.13. The van der Waals surface area contributed by atoms with Crippen molar-refractivity contribution in [3.8, 4) is 0 Å². The van der Waals surface area contributed by atoms with Crippen LogP contribution in [-0.4, -0.2) is 51.6 Å². The van der Waals surface area contributed by atoms with Crippen LogP contribution in [0.2, 0.25) is 0 Å². The number of hydrogen-bond donors (Lipinski definition) is 2. The number of nitrogens with zero attached hydrogens (tertiary/aromatic N) is 4. The molecule has 1 fully saturated rings.